The van der Waals surface area contributed by atoms with Gasteiger partial charge >= 0.3 is 5.63 Å². The van der Waals surface area contributed by atoms with Crippen LogP contribution in [0.15, 0.2) is 74.1 Å². The first-order chi connectivity index (χ1) is 15.4. The van der Waals surface area contributed by atoms with E-state index in [2.05, 4.69) is 10.3 Å². The quantitative estimate of drug-likeness (QED) is 0.416. The summed E-state index contributed by atoms with van der Waals surface area (Å²) >= 11 is 1.55. The zero-order valence-electron chi connectivity index (χ0n) is 18.0. The first kappa shape index (κ1) is 21.7. The summed E-state index contributed by atoms with van der Waals surface area (Å²) in [6.07, 6.45) is 4.13. The number of carbonyl (C=O) groups excluding carboxylic acids is 1. The van der Waals surface area contributed by atoms with E-state index in [4.69, 9.17) is 9.15 Å². The predicted octanol–water partition coefficient (Wildman–Crippen LogP) is 4.57. The molecule has 1 N–H and O–H groups in total. The van der Waals surface area contributed by atoms with Gasteiger partial charge in [0.25, 0.3) is 0 Å². The molecule has 32 heavy (non-hydrogen) atoms. The standard InChI is InChI=1S/C24H23N3O4S/c1-15-19-9-6-17(30-3)14-21(19)31-23(29)20(15)10-11-22(28)26-16-4-7-18(8-5-16)32-24-25-12-13-27(24)2/h4-9,12-14H,10-11H2,1-3H3,(H,26,28). The minimum atomic E-state index is -0.424. The second-order valence-electron chi connectivity index (χ2n) is 7.35. The number of nitrogens with zero attached hydrogens (tertiary/aromatic N) is 2. The van der Waals surface area contributed by atoms with Crippen molar-refractivity contribution >= 4 is 34.3 Å². The van der Waals surface area contributed by atoms with E-state index in [-0.39, 0.29) is 12.3 Å². The molecule has 164 valence electrons. The monoisotopic (exact) mass is 449 g/mol. The number of anilines is 1. The number of rotatable bonds is 7. The van der Waals surface area contributed by atoms with Crippen LogP contribution in [0.3, 0.4) is 0 Å². The first-order valence-corrected chi connectivity index (χ1v) is 10.9. The SMILES string of the molecule is COc1ccc2c(C)c(CCC(=O)Nc3ccc(Sc4nccn4C)cc3)c(=O)oc2c1. The van der Waals surface area contributed by atoms with Gasteiger partial charge < -0.3 is 19.0 Å². The van der Waals surface area contributed by atoms with E-state index in [0.29, 0.717) is 29.0 Å². The van der Waals surface area contributed by atoms with Crippen LogP contribution in [-0.4, -0.2) is 22.6 Å². The largest absolute Gasteiger partial charge is 0.497 e. The Morgan fingerprint density at radius 1 is 1.22 bits per heavy atom. The molecule has 0 aliphatic carbocycles. The highest BCUT2D eigenvalue weighted by Crippen LogP contribution is 2.27. The molecule has 0 aliphatic rings. The fourth-order valence-electron chi connectivity index (χ4n) is 3.41. The van der Waals surface area contributed by atoms with Crippen LogP contribution >= 0.6 is 11.8 Å². The molecule has 0 aliphatic heterocycles. The fraction of sp³-hybridized carbons (Fsp3) is 0.208. The van der Waals surface area contributed by atoms with Crippen molar-refractivity contribution in [1.29, 1.82) is 0 Å². The van der Waals surface area contributed by atoms with E-state index in [1.165, 1.54) is 0 Å². The van der Waals surface area contributed by atoms with Crippen LogP contribution in [0, 0.1) is 6.92 Å². The smallest absolute Gasteiger partial charge is 0.339 e. The Morgan fingerprint density at radius 2 is 2.00 bits per heavy atom. The van der Waals surface area contributed by atoms with Crippen LogP contribution in [0.5, 0.6) is 5.75 Å². The normalized spacial score (nSPS) is 11.0. The van der Waals surface area contributed by atoms with Crippen molar-refractivity contribution in [3.05, 3.63) is 76.4 Å². The van der Waals surface area contributed by atoms with Gasteiger partial charge in [0.2, 0.25) is 5.91 Å². The zero-order chi connectivity index (χ0) is 22.7. The number of fused-ring (bicyclic) bond motifs is 1. The summed E-state index contributed by atoms with van der Waals surface area (Å²) in [5.41, 5.74) is 2.09. The summed E-state index contributed by atoms with van der Waals surface area (Å²) < 4.78 is 12.6. The molecule has 0 unspecified atom stereocenters. The van der Waals surface area contributed by atoms with Crippen LogP contribution in [0.4, 0.5) is 5.69 Å². The third-order valence-electron chi connectivity index (χ3n) is 5.22. The fourth-order valence-corrected chi connectivity index (χ4v) is 4.22. The second-order valence-corrected chi connectivity index (χ2v) is 8.39. The van der Waals surface area contributed by atoms with Crippen molar-refractivity contribution in [3.8, 4) is 5.75 Å². The summed E-state index contributed by atoms with van der Waals surface area (Å²) in [5.74, 6) is 0.458. The number of ether oxygens (including phenoxy) is 1. The van der Waals surface area contributed by atoms with Crippen molar-refractivity contribution in [2.75, 3.05) is 12.4 Å². The Kier molecular flexibility index (Phi) is 6.32. The average molecular weight is 450 g/mol. The molecule has 1 amide bonds. The number of nitrogens with one attached hydrogen (secondary N) is 1. The average Bonchev–Trinajstić information content (AvgIpc) is 3.18. The highest BCUT2D eigenvalue weighted by molar-refractivity contribution is 7.99. The molecular formula is C24H23N3O4S. The minimum absolute atomic E-state index is 0.164. The summed E-state index contributed by atoms with van der Waals surface area (Å²) in [6, 6.07) is 13.0. The van der Waals surface area contributed by atoms with Crippen LogP contribution in [0.1, 0.15) is 17.5 Å². The highest BCUT2D eigenvalue weighted by atomic mass is 32.2. The van der Waals surface area contributed by atoms with Crippen LogP contribution in [0.25, 0.3) is 11.0 Å². The van der Waals surface area contributed by atoms with Gasteiger partial charge in [-0.15, -0.1) is 0 Å². The van der Waals surface area contributed by atoms with Crippen LogP contribution in [-0.2, 0) is 18.3 Å². The molecule has 0 saturated heterocycles. The Bertz CT molecular complexity index is 1330. The lowest BCUT2D eigenvalue weighted by Gasteiger charge is -2.09. The molecule has 0 fully saturated rings. The number of hydrogen-bond donors (Lipinski definition) is 1. The van der Waals surface area contributed by atoms with Crippen molar-refractivity contribution in [3.63, 3.8) is 0 Å². The molecule has 0 spiro atoms. The molecule has 0 atom stereocenters. The molecule has 0 radical (unpaired) electrons. The number of aryl methyl sites for hydroxylation is 2. The molecule has 2 heterocycles. The highest BCUT2D eigenvalue weighted by Gasteiger charge is 2.14. The van der Waals surface area contributed by atoms with Gasteiger partial charge in [0.15, 0.2) is 5.16 Å². The number of carbonyl (C=O) groups is 1. The first-order valence-electron chi connectivity index (χ1n) is 10.1. The van der Waals surface area contributed by atoms with E-state index in [0.717, 1.165) is 21.0 Å². The maximum absolute atomic E-state index is 12.5. The molecule has 4 rings (SSSR count). The van der Waals surface area contributed by atoms with E-state index in [1.54, 1.807) is 31.1 Å². The van der Waals surface area contributed by atoms with Crippen LogP contribution in [0.2, 0.25) is 0 Å². The van der Waals surface area contributed by atoms with E-state index in [1.807, 2.05) is 61.1 Å². The molecule has 8 heteroatoms. The zero-order valence-corrected chi connectivity index (χ0v) is 18.9. The third-order valence-corrected chi connectivity index (χ3v) is 6.30. The number of methoxy groups -OCH3 is 1. The molecule has 0 bridgehead atoms. The van der Waals surface area contributed by atoms with Gasteiger partial charge in [0, 0.05) is 53.5 Å². The maximum Gasteiger partial charge on any atom is 0.339 e. The lowest BCUT2D eigenvalue weighted by atomic mass is 10.0. The summed E-state index contributed by atoms with van der Waals surface area (Å²) in [7, 11) is 3.50. The van der Waals surface area contributed by atoms with Crippen molar-refractivity contribution in [1.82, 2.24) is 9.55 Å². The number of aromatic nitrogens is 2. The molecule has 4 aromatic rings. The summed E-state index contributed by atoms with van der Waals surface area (Å²) in [5, 5.41) is 4.61. The molecule has 2 aromatic carbocycles. The van der Waals surface area contributed by atoms with Crippen LogP contribution < -0.4 is 15.7 Å². The van der Waals surface area contributed by atoms with Gasteiger partial charge in [-0.1, -0.05) is 11.8 Å². The summed E-state index contributed by atoms with van der Waals surface area (Å²) in [4.78, 5) is 30.3. The van der Waals surface area contributed by atoms with Crippen molar-refractivity contribution in [2.45, 2.75) is 29.8 Å². The van der Waals surface area contributed by atoms with Crippen molar-refractivity contribution < 1.29 is 13.9 Å². The van der Waals surface area contributed by atoms with Gasteiger partial charge in [-0.3, -0.25) is 4.79 Å². The van der Waals surface area contributed by atoms with E-state index < -0.39 is 5.63 Å². The lowest BCUT2D eigenvalue weighted by Crippen LogP contribution is -2.16. The number of amides is 1. The van der Waals surface area contributed by atoms with Gasteiger partial charge in [0.1, 0.15) is 11.3 Å². The Labute approximate surface area is 189 Å². The second kappa shape index (κ2) is 9.32. The van der Waals surface area contributed by atoms with Crippen molar-refractivity contribution in [2.24, 2.45) is 7.05 Å². The Hall–Kier alpha value is -3.52. The number of imidazole rings is 1. The minimum Gasteiger partial charge on any atom is -0.497 e. The Balaban J connectivity index is 1.40. The number of benzene rings is 2. The maximum atomic E-state index is 12.5. The van der Waals surface area contributed by atoms with E-state index in [9.17, 15) is 9.59 Å². The molecule has 0 saturated carbocycles. The van der Waals surface area contributed by atoms with Gasteiger partial charge in [0.05, 0.1) is 7.11 Å². The lowest BCUT2D eigenvalue weighted by molar-refractivity contribution is -0.116. The van der Waals surface area contributed by atoms with E-state index >= 15 is 0 Å². The third kappa shape index (κ3) is 4.70. The molecule has 2 aromatic heterocycles. The Morgan fingerprint density at radius 3 is 2.69 bits per heavy atom. The predicted molar refractivity (Wildman–Crippen MR) is 124 cm³/mol. The molecular weight excluding hydrogens is 426 g/mol. The van der Waals surface area contributed by atoms with Gasteiger partial charge in [-0.25, -0.2) is 9.78 Å². The molecule has 7 nitrogen and oxygen atoms in total. The topological polar surface area (TPSA) is 86.4 Å². The number of hydrogen-bond acceptors (Lipinski definition) is 6. The van der Waals surface area contributed by atoms with Gasteiger partial charge in [-0.05, 0) is 55.3 Å². The van der Waals surface area contributed by atoms with Gasteiger partial charge in [-0.2, -0.15) is 0 Å². The summed E-state index contributed by atoms with van der Waals surface area (Å²) in [6.45, 7) is 1.87.